The normalized spacial score (nSPS) is 17.4. The van der Waals surface area contributed by atoms with E-state index >= 15 is 0 Å². The maximum Gasteiger partial charge on any atom is 0.416 e. The number of benzene rings is 1. The summed E-state index contributed by atoms with van der Waals surface area (Å²) in [5.41, 5.74) is 3.98. The van der Waals surface area contributed by atoms with Crippen molar-refractivity contribution in [1.82, 2.24) is 4.90 Å². The summed E-state index contributed by atoms with van der Waals surface area (Å²) in [7, 11) is 0. The molecular formula is C15H20ClF3N4O3. The molecule has 7 nitrogen and oxygen atoms in total. The van der Waals surface area contributed by atoms with E-state index in [0.29, 0.717) is 19.2 Å². The van der Waals surface area contributed by atoms with E-state index in [1.54, 1.807) is 4.90 Å². The Bertz CT molecular complexity index is 658. The van der Waals surface area contributed by atoms with Crippen LogP contribution in [0.2, 0.25) is 0 Å². The first kappa shape index (κ1) is 22.0. The van der Waals surface area contributed by atoms with Crippen LogP contribution in [0.5, 0.6) is 0 Å². The SMILES string of the molecule is Cl.NC1CCCN(C(=O)CCNc2ccc(C(F)(F)F)cc2[N+](=O)[O-])C1. The number of rotatable bonds is 5. The monoisotopic (exact) mass is 396 g/mol. The number of alkyl halides is 3. The molecule has 0 spiro atoms. The molecule has 0 bridgehead atoms. The third kappa shape index (κ3) is 5.73. The predicted molar refractivity (Wildman–Crippen MR) is 92.2 cm³/mol. The van der Waals surface area contributed by atoms with Crippen molar-refractivity contribution < 1.29 is 22.9 Å². The van der Waals surface area contributed by atoms with Gasteiger partial charge in [0.25, 0.3) is 5.69 Å². The first-order chi connectivity index (χ1) is 11.7. The summed E-state index contributed by atoms with van der Waals surface area (Å²) in [5, 5.41) is 13.7. The third-order valence-electron chi connectivity index (χ3n) is 3.99. The minimum atomic E-state index is -4.66. The summed E-state index contributed by atoms with van der Waals surface area (Å²) in [5.74, 6) is -0.141. The van der Waals surface area contributed by atoms with E-state index < -0.39 is 22.4 Å². The number of nitrogens with two attached hydrogens (primary N) is 1. The van der Waals surface area contributed by atoms with E-state index in [1.165, 1.54) is 0 Å². The van der Waals surface area contributed by atoms with Gasteiger partial charge in [-0.15, -0.1) is 12.4 Å². The third-order valence-corrected chi connectivity index (χ3v) is 3.99. The summed E-state index contributed by atoms with van der Waals surface area (Å²) in [6.07, 6.45) is -2.90. The van der Waals surface area contributed by atoms with Crippen LogP contribution in [0.1, 0.15) is 24.8 Å². The molecule has 2 rings (SSSR count). The Morgan fingerprint density at radius 3 is 2.69 bits per heavy atom. The van der Waals surface area contributed by atoms with Gasteiger partial charge in [0.2, 0.25) is 5.91 Å². The summed E-state index contributed by atoms with van der Waals surface area (Å²) in [6, 6.07) is 2.19. The van der Waals surface area contributed by atoms with Crippen LogP contribution >= 0.6 is 12.4 Å². The van der Waals surface area contributed by atoms with E-state index in [4.69, 9.17) is 5.73 Å². The summed E-state index contributed by atoms with van der Waals surface area (Å²) < 4.78 is 38.0. The second-order valence-electron chi connectivity index (χ2n) is 5.91. The number of nitrogens with one attached hydrogen (secondary N) is 1. The predicted octanol–water partition coefficient (Wildman–Crippen LogP) is 2.79. The van der Waals surface area contributed by atoms with E-state index in [1.807, 2.05) is 0 Å². The fraction of sp³-hybridized carbons (Fsp3) is 0.533. The van der Waals surface area contributed by atoms with Gasteiger partial charge in [-0.3, -0.25) is 14.9 Å². The largest absolute Gasteiger partial charge is 0.416 e. The van der Waals surface area contributed by atoms with Gasteiger partial charge in [0.1, 0.15) is 5.69 Å². The number of halogens is 4. The molecule has 1 aliphatic rings. The maximum absolute atomic E-state index is 12.7. The lowest BCUT2D eigenvalue weighted by Gasteiger charge is -2.30. The molecule has 26 heavy (non-hydrogen) atoms. The summed E-state index contributed by atoms with van der Waals surface area (Å²) in [4.78, 5) is 23.8. The number of nitro benzene ring substituents is 1. The molecule has 1 heterocycles. The van der Waals surface area contributed by atoms with Gasteiger partial charge in [0.15, 0.2) is 0 Å². The van der Waals surface area contributed by atoms with E-state index in [2.05, 4.69) is 5.32 Å². The van der Waals surface area contributed by atoms with Gasteiger partial charge in [-0.05, 0) is 25.0 Å². The van der Waals surface area contributed by atoms with Crippen LogP contribution in [0.4, 0.5) is 24.5 Å². The lowest BCUT2D eigenvalue weighted by atomic mass is 10.1. The molecule has 146 valence electrons. The van der Waals surface area contributed by atoms with Crippen molar-refractivity contribution in [2.24, 2.45) is 5.73 Å². The van der Waals surface area contributed by atoms with Crippen LogP contribution in [0.3, 0.4) is 0 Å². The van der Waals surface area contributed by atoms with Gasteiger partial charge >= 0.3 is 6.18 Å². The molecule has 1 atom stereocenters. The average molecular weight is 397 g/mol. The highest BCUT2D eigenvalue weighted by Crippen LogP contribution is 2.34. The number of piperidine rings is 1. The molecule has 1 aromatic carbocycles. The smallest absolute Gasteiger partial charge is 0.379 e. The second kappa shape index (κ2) is 9.04. The molecule has 0 saturated carbocycles. The number of nitro groups is 1. The van der Waals surface area contributed by atoms with Crippen molar-refractivity contribution in [1.29, 1.82) is 0 Å². The van der Waals surface area contributed by atoms with Gasteiger partial charge in [-0.1, -0.05) is 0 Å². The molecule has 1 aromatic rings. The molecule has 1 unspecified atom stereocenters. The average Bonchev–Trinajstić information content (AvgIpc) is 2.53. The quantitative estimate of drug-likeness (QED) is 0.588. The van der Waals surface area contributed by atoms with Crippen molar-refractivity contribution in [2.45, 2.75) is 31.5 Å². The standard InChI is InChI=1S/C15H19F3N4O3.ClH/c16-15(17,18)10-3-4-12(13(8-10)22(24)25)20-6-5-14(23)21-7-1-2-11(19)9-21;/h3-4,8,11,20H,1-2,5-7,9,19H2;1H. The molecular weight excluding hydrogens is 377 g/mol. The number of carbonyl (C=O) groups is 1. The van der Waals surface area contributed by atoms with Crippen LogP contribution in [0.25, 0.3) is 0 Å². The minimum absolute atomic E-state index is 0. The molecule has 1 saturated heterocycles. The van der Waals surface area contributed by atoms with E-state index in [9.17, 15) is 28.1 Å². The number of likely N-dealkylation sites (tertiary alicyclic amines) is 1. The highest BCUT2D eigenvalue weighted by Gasteiger charge is 2.33. The van der Waals surface area contributed by atoms with Gasteiger partial charge in [0, 0.05) is 38.2 Å². The van der Waals surface area contributed by atoms with Gasteiger partial charge in [-0.2, -0.15) is 13.2 Å². The van der Waals surface area contributed by atoms with Crippen molar-refractivity contribution in [3.05, 3.63) is 33.9 Å². The summed E-state index contributed by atoms with van der Waals surface area (Å²) >= 11 is 0. The zero-order valence-electron chi connectivity index (χ0n) is 13.8. The van der Waals surface area contributed by atoms with E-state index in [0.717, 1.165) is 25.0 Å². The second-order valence-corrected chi connectivity index (χ2v) is 5.91. The van der Waals surface area contributed by atoms with Gasteiger partial charge in [0.05, 0.1) is 10.5 Å². The lowest BCUT2D eigenvalue weighted by Crippen LogP contribution is -2.46. The maximum atomic E-state index is 12.7. The van der Waals surface area contributed by atoms with Crippen LogP contribution in [-0.2, 0) is 11.0 Å². The number of carbonyl (C=O) groups excluding carboxylic acids is 1. The Kier molecular flexibility index (Phi) is 7.64. The number of nitrogens with zero attached hydrogens (tertiary/aromatic N) is 2. The molecule has 0 aliphatic carbocycles. The Labute approximate surface area is 154 Å². The fourth-order valence-electron chi connectivity index (χ4n) is 2.71. The number of hydrogen-bond acceptors (Lipinski definition) is 5. The number of hydrogen-bond donors (Lipinski definition) is 2. The molecule has 3 N–H and O–H groups in total. The molecule has 0 radical (unpaired) electrons. The van der Waals surface area contributed by atoms with Crippen molar-refractivity contribution in [3.8, 4) is 0 Å². The van der Waals surface area contributed by atoms with Crippen molar-refractivity contribution in [2.75, 3.05) is 25.0 Å². The number of anilines is 1. The summed E-state index contributed by atoms with van der Waals surface area (Å²) in [6.45, 7) is 1.17. The van der Waals surface area contributed by atoms with Gasteiger partial charge in [-0.25, -0.2) is 0 Å². The van der Waals surface area contributed by atoms with Gasteiger partial charge < -0.3 is 16.0 Å². The Hall–Kier alpha value is -2.07. The lowest BCUT2D eigenvalue weighted by molar-refractivity contribution is -0.384. The highest BCUT2D eigenvalue weighted by molar-refractivity contribution is 5.85. The Balaban J connectivity index is 0.00000338. The zero-order chi connectivity index (χ0) is 18.6. The Morgan fingerprint density at radius 2 is 2.12 bits per heavy atom. The highest BCUT2D eigenvalue weighted by atomic mass is 35.5. The zero-order valence-corrected chi connectivity index (χ0v) is 14.6. The fourth-order valence-corrected chi connectivity index (χ4v) is 2.71. The van der Waals surface area contributed by atoms with E-state index in [-0.39, 0.29) is 43.0 Å². The number of amides is 1. The van der Waals surface area contributed by atoms with Crippen molar-refractivity contribution in [3.63, 3.8) is 0 Å². The first-order valence-corrected chi connectivity index (χ1v) is 7.81. The van der Waals surface area contributed by atoms with Crippen LogP contribution in [-0.4, -0.2) is 41.4 Å². The van der Waals surface area contributed by atoms with Crippen LogP contribution in [0, 0.1) is 10.1 Å². The molecule has 0 aromatic heterocycles. The van der Waals surface area contributed by atoms with Crippen LogP contribution in [0.15, 0.2) is 18.2 Å². The Morgan fingerprint density at radius 1 is 1.42 bits per heavy atom. The molecule has 1 aliphatic heterocycles. The topological polar surface area (TPSA) is 102 Å². The van der Waals surface area contributed by atoms with Crippen molar-refractivity contribution >= 4 is 29.7 Å². The molecule has 1 fully saturated rings. The molecule has 1 amide bonds. The van der Waals surface area contributed by atoms with Crippen LogP contribution < -0.4 is 11.1 Å². The minimum Gasteiger partial charge on any atom is -0.379 e. The molecule has 11 heteroatoms. The first-order valence-electron chi connectivity index (χ1n) is 7.81.